The molecule has 1 heterocycles. The van der Waals surface area contributed by atoms with Gasteiger partial charge >= 0.3 is 6.09 Å². The summed E-state index contributed by atoms with van der Waals surface area (Å²) in [6.45, 7) is 12.8. The summed E-state index contributed by atoms with van der Waals surface area (Å²) in [4.78, 5) is 16.2. The predicted molar refractivity (Wildman–Crippen MR) is 87.6 cm³/mol. The second-order valence-corrected chi connectivity index (χ2v) is 6.33. The van der Waals surface area contributed by atoms with E-state index in [9.17, 15) is 4.79 Å². The number of ether oxygens (including phenoxy) is 1. The molecule has 0 saturated carbocycles. The molecule has 1 aliphatic heterocycles. The second-order valence-electron chi connectivity index (χ2n) is 6.33. The van der Waals surface area contributed by atoms with Gasteiger partial charge in [0.05, 0.1) is 6.61 Å². The number of carbonyl (C=O) groups excluding carboxylic acids is 1. The molecule has 0 aromatic carbocycles. The Bertz CT molecular complexity index is 301. The molecule has 1 rings (SSSR count). The summed E-state index contributed by atoms with van der Waals surface area (Å²) >= 11 is 0. The highest BCUT2D eigenvalue weighted by Gasteiger charge is 2.33. The van der Waals surface area contributed by atoms with Crippen LogP contribution in [0.25, 0.3) is 0 Å². The lowest BCUT2D eigenvalue weighted by Gasteiger charge is -2.45. The van der Waals surface area contributed by atoms with Crippen molar-refractivity contribution in [1.82, 2.24) is 9.80 Å². The maximum absolute atomic E-state index is 11.8. The highest BCUT2D eigenvalue weighted by Crippen LogP contribution is 2.27. The Labute approximate surface area is 130 Å². The summed E-state index contributed by atoms with van der Waals surface area (Å²) in [5.74, 6) is 0. The largest absolute Gasteiger partial charge is 0.450 e. The number of rotatable bonds is 8. The van der Waals surface area contributed by atoms with Crippen LogP contribution in [0.15, 0.2) is 0 Å². The lowest BCUT2D eigenvalue weighted by Crippen LogP contribution is -2.56. The van der Waals surface area contributed by atoms with Gasteiger partial charge in [0.1, 0.15) is 0 Å². The van der Waals surface area contributed by atoms with E-state index in [0.717, 1.165) is 26.2 Å². The monoisotopic (exact) mass is 298 g/mol. The van der Waals surface area contributed by atoms with Crippen molar-refractivity contribution < 1.29 is 9.53 Å². The highest BCUT2D eigenvalue weighted by molar-refractivity contribution is 5.67. The summed E-state index contributed by atoms with van der Waals surface area (Å²) in [5, 5.41) is 0. The number of amides is 1. The summed E-state index contributed by atoms with van der Waals surface area (Å²) in [6.07, 6.45) is 7.59. The molecule has 0 bridgehead atoms. The van der Waals surface area contributed by atoms with Gasteiger partial charge in [0.25, 0.3) is 0 Å². The zero-order valence-electron chi connectivity index (χ0n) is 14.5. The number of hydrogen-bond acceptors (Lipinski definition) is 3. The highest BCUT2D eigenvalue weighted by atomic mass is 16.6. The minimum absolute atomic E-state index is 0.154. The van der Waals surface area contributed by atoms with Crippen molar-refractivity contribution in [1.29, 1.82) is 0 Å². The van der Waals surface area contributed by atoms with Gasteiger partial charge in [0, 0.05) is 31.7 Å². The number of carbonyl (C=O) groups is 1. The van der Waals surface area contributed by atoms with Crippen LogP contribution in [0.5, 0.6) is 0 Å². The molecule has 1 amide bonds. The van der Waals surface area contributed by atoms with Crippen molar-refractivity contribution in [2.45, 2.75) is 71.8 Å². The van der Waals surface area contributed by atoms with Crippen LogP contribution >= 0.6 is 0 Å². The van der Waals surface area contributed by atoms with Crippen LogP contribution in [0.1, 0.15) is 66.2 Å². The van der Waals surface area contributed by atoms with Gasteiger partial charge in [0.15, 0.2) is 0 Å². The lowest BCUT2D eigenvalue weighted by molar-refractivity contribution is 0.0265. The van der Waals surface area contributed by atoms with E-state index < -0.39 is 0 Å². The van der Waals surface area contributed by atoms with E-state index in [2.05, 4.69) is 25.7 Å². The van der Waals surface area contributed by atoms with E-state index >= 15 is 0 Å². The van der Waals surface area contributed by atoms with E-state index in [0.29, 0.717) is 6.61 Å². The summed E-state index contributed by atoms with van der Waals surface area (Å²) in [6, 6.07) is 0. The zero-order chi connectivity index (χ0) is 15.7. The Morgan fingerprint density at radius 1 is 1.05 bits per heavy atom. The molecule has 124 valence electrons. The van der Waals surface area contributed by atoms with Gasteiger partial charge < -0.3 is 9.64 Å². The Balaban J connectivity index is 2.43. The number of unbranched alkanes of at least 4 members (excludes halogenated alkanes) is 3. The molecule has 0 spiro atoms. The summed E-state index contributed by atoms with van der Waals surface area (Å²) < 4.78 is 5.09. The zero-order valence-corrected chi connectivity index (χ0v) is 14.5. The van der Waals surface area contributed by atoms with E-state index in [1.165, 1.54) is 38.5 Å². The van der Waals surface area contributed by atoms with Crippen LogP contribution in [0, 0.1) is 0 Å². The molecule has 0 aliphatic carbocycles. The number of hydrogen-bond donors (Lipinski definition) is 0. The van der Waals surface area contributed by atoms with Crippen LogP contribution in [-0.4, -0.2) is 54.2 Å². The maximum atomic E-state index is 11.8. The first-order valence-electron chi connectivity index (χ1n) is 8.74. The maximum Gasteiger partial charge on any atom is 0.409 e. The first-order chi connectivity index (χ1) is 10.1. The van der Waals surface area contributed by atoms with Crippen LogP contribution < -0.4 is 0 Å². The minimum atomic E-state index is -0.154. The van der Waals surface area contributed by atoms with E-state index in [1.807, 2.05) is 11.8 Å². The normalized spacial score (nSPS) is 19.3. The number of nitrogens with zero attached hydrogens (tertiary/aromatic N) is 2. The Morgan fingerprint density at radius 2 is 1.71 bits per heavy atom. The van der Waals surface area contributed by atoms with Gasteiger partial charge in [-0.25, -0.2) is 4.79 Å². The average molecular weight is 298 g/mol. The van der Waals surface area contributed by atoms with Crippen molar-refractivity contribution >= 4 is 6.09 Å². The Morgan fingerprint density at radius 3 is 2.24 bits per heavy atom. The van der Waals surface area contributed by atoms with E-state index in [1.54, 1.807) is 0 Å². The van der Waals surface area contributed by atoms with Gasteiger partial charge in [-0.15, -0.1) is 0 Å². The van der Waals surface area contributed by atoms with Crippen molar-refractivity contribution in [3.63, 3.8) is 0 Å². The minimum Gasteiger partial charge on any atom is -0.450 e. The van der Waals surface area contributed by atoms with E-state index in [4.69, 9.17) is 4.74 Å². The fourth-order valence-corrected chi connectivity index (χ4v) is 3.13. The molecule has 0 aromatic heterocycles. The van der Waals surface area contributed by atoms with Crippen molar-refractivity contribution in [2.24, 2.45) is 0 Å². The van der Waals surface area contributed by atoms with Crippen molar-refractivity contribution in [2.75, 3.05) is 32.8 Å². The molecular weight excluding hydrogens is 264 g/mol. The standard InChI is InChI=1S/C17H34N2O2/c1-5-8-9-10-11-17(4,6-2)19-14-12-18(13-15-19)16(20)21-7-3/h5-15H2,1-4H3. The van der Waals surface area contributed by atoms with Crippen LogP contribution in [0.2, 0.25) is 0 Å². The average Bonchev–Trinajstić information content (AvgIpc) is 2.52. The van der Waals surface area contributed by atoms with Crippen molar-refractivity contribution in [3.05, 3.63) is 0 Å². The fourth-order valence-electron chi connectivity index (χ4n) is 3.13. The van der Waals surface area contributed by atoms with Gasteiger partial charge in [-0.05, 0) is 26.7 Å². The quantitative estimate of drug-likeness (QED) is 0.637. The molecule has 0 N–H and O–H groups in total. The molecule has 4 nitrogen and oxygen atoms in total. The van der Waals surface area contributed by atoms with Gasteiger partial charge in [0.2, 0.25) is 0 Å². The molecule has 1 unspecified atom stereocenters. The van der Waals surface area contributed by atoms with Crippen LogP contribution in [0.4, 0.5) is 4.79 Å². The first kappa shape index (κ1) is 18.3. The fraction of sp³-hybridized carbons (Fsp3) is 0.941. The predicted octanol–water partition coefficient (Wildman–Crippen LogP) is 3.90. The Hall–Kier alpha value is -0.770. The smallest absolute Gasteiger partial charge is 0.409 e. The topological polar surface area (TPSA) is 32.8 Å². The third-order valence-corrected chi connectivity index (χ3v) is 4.90. The Kier molecular flexibility index (Phi) is 8.09. The molecular formula is C17H34N2O2. The van der Waals surface area contributed by atoms with E-state index in [-0.39, 0.29) is 11.6 Å². The first-order valence-corrected chi connectivity index (χ1v) is 8.74. The lowest BCUT2D eigenvalue weighted by atomic mass is 9.88. The molecule has 1 fully saturated rings. The molecule has 0 radical (unpaired) electrons. The van der Waals surface area contributed by atoms with Gasteiger partial charge in [-0.3, -0.25) is 4.90 Å². The molecule has 0 aromatic rings. The molecule has 1 atom stereocenters. The van der Waals surface area contributed by atoms with Crippen LogP contribution in [0.3, 0.4) is 0 Å². The molecule has 21 heavy (non-hydrogen) atoms. The summed E-state index contributed by atoms with van der Waals surface area (Å²) in [5.41, 5.74) is 0.286. The third-order valence-electron chi connectivity index (χ3n) is 4.90. The van der Waals surface area contributed by atoms with Gasteiger partial charge in [-0.1, -0.05) is 39.5 Å². The molecule has 1 aliphatic rings. The molecule has 1 saturated heterocycles. The molecule has 4 heteroatoms. The second kappa shape index (κ2) is 9.29. The number of piperazine rings is 1. The SMILES string of the molecule is CCCCCCC(C)(CC)N1CCN(C(=O)OCC)CC1. The summed E-state index contributed by atoms with van der Waals surface area (Å²) in [7, 11) is 0. The van der Waals surface area contributed by atoms with Crippen LogP contribution in [-0.2, 0) is 4.74 Å². The van der Waals surface area contributed by atoms with Gasteiger partial charge in [-0.2, -0.15) is 0 Å². The van der Waals surface area contributed by atoms with Crippen molar-refractivity contribution in [3.8, 4) is 0 Å². The third kappa shape index (κ3) is 5.50.